The number of ether oxygens (including phenoxy) is 1. The quantitative estimate of drug-likeness (QED) is 0.437. The molecule has 1 aromatic carbocycles. The van der Waals surface area contributed by atoms with Crippen LogP contribution in [-0.4, -0.2) is 23.6 Å². The van der Waals surface area contributed by atoms with E-state index in [1.807, 2.05) is 19.1 Å². The van der Waals surface area contributed by atoms with Gasteiger partial charge in [0, 0.05) is 11.1 Å². The zero-order valence-corrected chi connectivity index (χ0v) is 14.7. The highest BCUT2D eigenvalue weighted by molar-refractivity contribution is 6.33. The van der Waals surface area contributed by atoms with Gasteiger partial charge in [-0.1, -0.05) is 29.3 Å². The number of carbonyl (C=O) groups is 1. The molecule has 0 aromatic heterocycles. The van der Waals surface area contributed by atoms with Gasteiger partial charge in [0.05, 0.1) is 12.1 Å². The highest BCUT2D eigenvalue weighted by Gasteiger charge is 2.20. The number of hydrogen-bond acceptors (Lipinski definition) is 4. The lowest BCUT2D eigenvalue weighted by Gasteiger charge is -2.15. The molecule has 0 heterocycles. The van der Waals surface area contributed by atoms with Crippen molar-refractivity contribution in [2.75, 3.05) is 7.11 Å². The van der Waals surface area contributed by atoms with Gasteiger partial charge in [-0.25, -0.2) is 0 Å². The molecule has 0 aliphatic carbocycles. The Morgan fingerprint density at radius 1 is 1.22 bits per heavy atom. The molecule has 0 radical (unpaired) electrons. The predicted molar refractivity (Wildman–Crippen MR) is 92.6 cm³/mol. The minimum atomic E-state index is -0.122. The zero-order valence-electron chi connectivity index (χ0n) is 13.9. The average molecular weight is 339 g/mol. The first-order chi connectivity index (χ1) is 10.8. The SMILES string of the molecule is COc1c(C)c(Cl)c(O)c(C/C=C(\C)CC/C=C(\C)C=O)c1O. The first-order valence-electron chi connectivity index (χ1n) is 7.37. The van der Waals surface area contributed by atoms with E-state index in [1.54, 1.807) is 13.8 Å². The van der Waals surface area contributed by atoms with Crippen LogP contribution in [0.3, 0.4) is 0 Å². The summed E-state index contributed by atoms with van der Waals surface area (Å²) in [6.07, 6.45) is 6.53. The van der Waals surface area contributed by atoms with Crippen LogP contribution in [0.15, 0.2) is 23.3 Å². The van der Waals surface area contributed by atoms with Crippen molar-refractivity contribution in [2.45, 2.75) is 40.0 Å². The molecule has 0 amide bonds. The fourth-order valence-electron chi connectivity index (χ4n) is 2.23. The van der Waals surface area contributed by atoms with Gasteiger partial charge in [-0.3, -0.25) is 4.79 Å². The van der Waals surface area contributed by atoms with E-state index < -0.39 is 0 Å². The molecule has 0 aliphatic heterocycles. The second-order valence-corrected chi connectivity index (χ2v) is 5.89. The van der Waals surface area contributed by atoms with Gasteiger partial charge in [0.25, 0.3) is 0 Å². The second kappa shape index (κ2) is 8.63. The van der Waals surface area contributed by atoms with Gasteiger partial charge in [-0.15, -0.1) is 0 Å². The summed E-state index contributed by atoms with van der Waals surface area (Å²) >= 11 is 6.09. The number of halogens is 1. The Labute approximate surface area is 142 Å². The Kier molecular flexibility index (Phi) is 7.17. The fourth-order valence-corrected chi connectivity index (χ4v) is 2.43. The van der Waals surface area contributed by atoms with Crippen LogP contribution in [0.2, 0.25) is 5.02 Å². The van der Waals surface area contributed by atoms with Gasteiger partial charge in [0.1, 0.15) is 12.0 Å². The summed E-state index contributed by atoms with van der Waals surface area (Å²) in [5, 5.41) is 20.6. The van der Waals surface area contributed by atoms with Crippen LogP contribution >= 0.6 is 11.6 Å². The smallest absolute Gasteiger partial charge is 0.165 e. The first-order valence-corrected chi connectivity index (χ1v) is 7.75. The molecule has 5 heteroatoms. The van der Waals surface area contributed by atoms with E-state index >= 15 is 0 Å². The minimum Gasteiger partial charge on any atom is -0.506 e. The minimum absolute atomic E-state index is 0.0901. The maximum atomic E-state index is 10.5. The topological polar surface area (TPSA) is 66.8 Å². The van der Waals surface area contributed by atoms with Crippen LogP contribution in [0.25, 0.3) is 0 Å². The summed E-state index contributed by atoms with van der Waals surface area (Å²) in [5.41, 5.74) is 2.65. The highest BCUT2D eigenvalue weighted by atomic mass is 35.5. The van der Waals surface area contributed by atoms with Crippen molar-refractivity contribution in [3.8, 4) is 17.2 Å². The van der Waals surface area contributed by atoms with Crippen LogP contribution in [0, 0.1) is 6.92 Å². The molecular formula is C18H23ClO4. The number of phenolic OH excluding ortho intramolecular Hbond substituents is 2. The van der Waals surface area contributed by atoms with Crippen molar-refractivity contribution >= 4 is 17.9 Å². The largest absolute Gasteiger partial charge is 0.506 e. The zero-order chi connectivity index (χ0) is 17.6. The summed E-state index contributed by atoms with van der Waals surface area (Å²) in [5.74, 6) is 0.0641. The summed E-state index contributed by atoms with van der Waals surface area (Å²) < 4.78 is 5.16. The Hall–Kier alpha value is -1.94. The standard InChI is InChI=1S/C18H23ClO4/c1-11(6-5-7-12(2)10-20)8-9-14-16(21)15(19)13(3)18(23-4)17(14)22/h7-8,10,21-22H,5-6,9H2,1-4H3/b11-8+,12-7+. The van der Waals surface area contributed by atoms with Gasteiger partial charge in [0.15, 0.2) is 11.5 Å². The lowest BCUT2D eigenvalue weighted by Crippen LogP contribution is -1.95. The summed E-state index contributed by atoms with van der Waals surface area (Å²) in [6, 6.07) is 0. The third kappa shape index (κ3) is 4.76. The van der Waals surface area contributed by atoms with Gasteiger partial charge in [-0.2, -0.15) is 0 Å². The molecule has 1 rings (SSSR count). The predicted octanol–water partition coefficient (Wildman–Crippen LogP) is 4.48. The highest BCUT2D eigenvalue weighted by Crippen LogP contribution is 2.45. The Balaban J connectivity index is 2.95. The van der Waals surface area contributed by atoms with Gasteiger partial charge in [-0.05, 0) is 45.6 Å². The van der Waals surface area contributed by atoms with Crippen molar-refractivity contribution in [3.63, 3.8) is 0 Å². The van der Waals surface area contributed by atoms with E-state index in [-0.39, 0.29) is 22.3 Å². The van der Waals surface area contributed by atoms with Gasteiger partial charge >= 0.3 is 0 Å². The summed E-state index contributed by atoms with van der Waals surface area (Å²) in [7, 11) is 1.45. The van der Waals surface area contributed by atoms with Crippen molar-refractivity contribution in [1.82, 2.24) is 0 Å². The fraction of sp³-hybridized carbons (Fsp3) is 0.389. The van der Waals surface area contributed by atoms with E-state index in [2.05, 4.69) is 0 Å². The lowest BCUT2D eigenvalue weighted by molar-refractivity contribution is -0.104. The van der Waals surface area contributed by atoms with E-state index in [0.717, 1.165) is 24.7 Å². The number of allylic oxidation sites excluding steroid dienone is 4. The monoisotopic (exact) mass is 338 g/mol. The van der Waals surface area contributed by atoms with E-state index in [9.17, 15) is 15.0 Å². The first kappa shape index (κ1) is 19.1. The second-order valence-electron chi connectivity index (χ2n) is 5.51. The number of rotatable bonds is 7. The van der Waals surface area contributed by atoms with Crippen LogP contribution in [0.5, 0.6) is 17.2 Å². The maximum absolute atomic E-state index is 10.5. The number of hydrogen-bond donors (Lipinski definition) is 2. The number of aromatic hydroxyl groups is 2. The summed E-state index contributed by atoms with van der Waals surface area (Å²) in [4.78, 5) is 10.5. The molecule has 4 nitrogen and oxygen atoms in total. The van der Waals surface area contributed by atoms with Crippen molar-refractivity contribution in [3.05, 3.63) is 39.4 Å². The van der Waals surface area contributed by atoms with E-state index in [0.29, 0.717) is 23.1 Å². The number of methoxy groups -OCH3 is 1. The van der Waals surface area contributed by atoms with Gasteiger partial charge < -0.3 is 14.9 Å². The van der Waals surface area contributed by atoms with Crippen molar-refractivity contribution in [2.24, 2.45) is 0 Å². The molecule has 0 spiro atoms. The van der Waals surface area contributed by atoms with Crippen LogP contribution in [0.4, 0.5) is 0 Å². The molecule has 0 atom stereocenters. The van der Waals surface area contributed by atoms with E-state index in [4.69, 9.17) is 16.3 Å². The van der Waals surface area contributed by atoms with Crippen molar-refractivity contribution in [1.29, 1.82) is 0 Å². The van der Waals surface area contributed by atoms with Crippen molar-refractivity contribution < 1.29 is 19.7 Å². The Morgan fingerprint density at radius 3 is 2.43 bits per heavy atom. The van der Waals surface area contributed by atoms with Crippen LogP contribution in [-0.2, 0) is 11.2 Å². The number of benzene rings is 1. The molecule has 23 heavy (non-hydrogen) atoms. The van der Waals surface area contributed by atoms with Gasteiger partial charge in [0.2, 0.25) is 0 Å². The molecule has 1 aromatic rings. The summed E-state index contributed by atoms with van der Waals surface area (Å²) in [6.45, 7) is 5.40. The van der Waals surface area contributed by atoms with Crippen LogP contribution < -0.4 is 4.74 Å². The lowest BCUT2D eigenvalue weighted by atomic mass is 10.0. The molecule has 0 saturated heterocycles. The maximum Gasteiger partial charge on any atom is 0.165 e. The van der Waals surface area contributed by atoms with Crippen LogP contribution in [0.1, 0.15) is 37.8 Å². The molecule has 0 bridgehead atoms. The average Bonchev–Trinajstić information content (AvgIpc) is 2.53. The molecular weight excluding hydrogens is 316 g/mol. The number of phenols is 2. The number of aldehydes is 1. The normalized spacial score (nSPS) is 12.4. The third-order valence-corrected chi connectivity index (χ3v) is 4.18. The number of carbonyl (C=O) groups excluding carboxylic acids is 1. The molecule has 126 valence electrons. The molecule has 0 aliphatic rings. The molecule has 0 fully saturated rings. The van der Waals surface area contributed by atoms with E-state index in [1.165, 1.54) is 7.11 Å². The molecule has 0 saturated carbocycles. The Morgan fingerprint density at radius 2 is 1.87 bits per heavy atom. The Bertz CT molecular complexity index is 645. The molecule has 0 unspecified atom stereocenters. The molecule has 2 N–H and O–H groups in total. The third-order valence-electron chi connectivity index (χ3n) is 3.71.